The molecule has 6 rings (SSSR count). The van der Waals surface area contributed by atoms with Crippen molar-refractivity contribution >= 4 is 32.4 Å². The van der Waals surface area contributed by atoms with E-state index >= 15 is 0 Å². The average molecular weight is 609 g/mol. The number of carbonyl (C=O) groups is 1. The first-order valence-electron chi connectivity index (χ1n) is 14.4. The van der Waals surface area contributed by atoms with Gasteiger partial charge in [0.1, 0.15) is 5.56 Å². The number of hydrogen-bond acceptors (Lipinski definition) is 6. The Morgan fingerprint density at radius 2 is 1.82 bits per heavy atom. The van der Waals surface area contributed by atoms with Crippen molar-refractivity contribution in [3.63, 3.8) is 0 Å². The molecule has 1 aliphatic rings. The lowest BCUT2D eigenvalue weighted by atomic mass is 9.97. The van der Waals surface area contributed by atoms with E-state index in [9.17, 15) is 18.0 Å². The summed E-state index contributed by atoms with van der Waals surface area (Å²) in [5.41, 5.74) is 3.04. The summed E-state index contributed by atoms with van der Waals surface area (Å²) in [4.78, 5) is 32.2. The Morgan fingerprint density at radius 3 is 2.55 bits per heavy atom. The number of rotatable bonds is 5. The Hall–Kier alpha value is -4.79. The first-order chi connectivity index (χ1) is 21.1. The maximum atomic E-state index is 14.3. The fourth-order valence-electron chi connectivity index (χ4n) is 5.77. The molecule has 1 atom stereocenters. The Labute approximate surface area is 255 Å². The van der Waals surface area contributed by atoms with Gasteiger partial charge in [0.25, 0.3) is 11.5 Å². The molecule has 1 aliphatic heterocycles. The number of nitrogens with one attached hydrogen (secondary N) is 1. The third-order valence-corrected chi connectivity index (χ3v) is 9.32. The lowest BCUT2D eigenvalue weighted by Gasteiger charge is -2.27. The van der Waals surface area contributed by atoms with Gasteiger partial charge in [-0.05, 0) is 62.4 Å². The topological polar surface area (TPSA) is 119 Å². The predicted octanol–water partition coefficient (Wildman–Crippen LogP) is 3.86. The van der Waals surface area contributed by atoms with Gasteiger partial charge in [-0.15, -0.1) is 0 Å². The Morgan fingerprint density at radius 1 is 1.07 bits per heavy atom. The van der Waals surface area contributed by atoms with Gasteiger partial charge in [-0.1, -0.05) is 42.2 Å². The van der Waals surface area contributed by atoms with Crippen LogP contribution in [0.5, 0.6) is 0 Å². The highest BCUT2D eigenvalue weighted by Crippen LogP contribution is 2.25. The number of sulfonamides is 1. The molecule has 1 amide bonds. The molecule has 10 nitrogen and oxygen atoms in total. The van der Waals surface area contributed by atoms with Crippen molar-refractivity contribution in [2.75, 3.05) is 19.3 Å². The summed E-state index contributed by atoms with van der Waals surface area (Å²) in [6.07, 6.45) is 5.87. The number of pyridine rings is 1. The van der Waals surface area contributed by atoms with Crippen LogP contribution < -0.4 is 10.9 Å². The van der Waals surface area contributed by atoms with E-state index in [4.69, 9.17) is 0 Å². The minimum atomic E-state index is -3.22. The zero-order valence-corrected chi connectivity index (χ0v) is 25.5. The normalized spacial score (nSPS) is 15.2. The number of piperidine rings is 1. The first-order valence-corrected chi connectivity index (χ1v) is 16.3. The number of fused-ring (bicyclic) bond motifs is 2. The van der Waals surface area contributed by atoms with Gasteiger partial charge in [-0.25, -0.2) is 22.2 Å². The van der Waals surface area contributed by atoms with Crippen LogP contribution in [0.3, 0.4) is 0 Å². The maximum Gasteiger partial charge on any atom is 0.264 e. The molecule has 11 heteroatoms. The van der Waals surface area contributed by atoms with Crippen molar-refractivity contribution in [1.29, 1.82) is 0 Å². The maximum absolute atomic E-state index is 14.3. The van der Waals surface area contributed by atoms with Crippen LogP contribution in [0.15, 0.2) is 77.9 Å². The van der Waals surface area contributed by atoms with E-state index in [1.165, 1.54) is 10.6 Å². The number of benzene rings is 2. The van der Waals surface area contributed by atoms with Crippen molar-refractivity contribution in [2.24, 2.45) is 5.92 Å². The summed E-state index contributed by atoms with van der Waals surface area (Å²) in [6.45, 7) is 4.49. The molecular weight excluding hydrogens is 576 g/mol. The SMILES string of the molecule is Cc1nn2cccnc2c1C(=O)N[C@H](C)c1cc2cccc(C#CC3CCN(S(C)(=O)=O)CC3)c2c(=O)n1-c1ccccc1. The summed E-state index contributed by atoms with van der Waals surface area (Å²) < 4.78 is 28.5. The Bertz CT molecular complexity index is 2120. The second-order valence-electron chi connectivity index (χ2n) is 11.1. The molecule has 0 aliphatic carbocycles. The highest BCUT2D eigenvalue weighted by atomic mass is 32.2. The highest BCUT2D eigenvalue weighted by molar-refractivity contribution is 7.88. The molecule has 0 radical (unpaired) electrons. The molecule has 5 aromatic rings. The van der Waals surface area contributed by atoms with Gasteiger partial charge in [0, 0.05) is 48.3 Å². The summed E-state index contributed by atoms with van der Waals surface area (Å²) >= 11 is 0. The fourth-order valence-corrected chi connectivity index (χ4v) is 6.64. The molecule has 224 valence electrons. The van der Waals surface area contributed by atoms with Crippen molar-refractivity contribution in [3.05, 3.63) is 106 Å². The van der Waals surface area contributed by atoms with Gasteiger partial charge in [0.15, 0.2) is 5.65 Å². The molecule has 1 saturated heterocycles. The van der Waals surface area contributed by atoms with E-state index < -0.39 is 16.1 Å². The molecule has 44 heavy (non-hydrogen) atoms. The van der Waals surface area contributed by atoms with Gasteiger partial charge in [-0.2, -0.15) is 5.10 Å². The molecule has 0 unspecified atom stereocenters. The predicted molar refractivity (Wildman–Crippen MR) is 169 cm³/mol. The second-order valence-corrected chi connectivity index (χ2v) is 13.0. The van der Waals surface area contributed by atoms with E-state index in [0.717, 1.165) is 0 Å². The number of nitrogens with zero attached hydrogens (tertiary/aromatic N) is 5. The number of hydrogen-bond donors (Lipinski definition) is 1. The van der Waals surface area contributed by atoms with Gasteiger partial charge in [-0.3, -0.25) is 14.2 Å². The van der Waals surface area contributed by atoms with E-state index in [-0.39, 0.29) is 17.4 Å². The lowest BCUT2D eigenvalue weighted by Crippen LogP contribution is -2.37. The quantitative estimate of drug-likeness (QED) is 0.303. The Balaban J connectivity index is 1.39. The van der Waals surface area contributed by atoms with Crippen LogP contribution in [-0.4, -0.2) is 57.1 Å². The summed E-state index contributed by atoms with van der Waals surface area (Å²) in [7, 11) is -3.22. The Kier molecular flexibility index (Phi) is 7.80. The first kappa shape index (κ1) is 29.3. The zero-order valence-electron chi connectivity index (χ0n) is 24.7. The second kappa shape index (κ2) is 11.7. The number of amides is 1. The van der Waals surface area contributed by atoms with Crippen LogP contribution >= 0.6 is 0 Å². The molecule has 1 N–H and O–H groups in total. The summed E-state index contributed by atoms with van der Waals surface area (Å²) in [5.74, 6) is 6.23. The molecule has 4 heterocycles. The van der Waals surface area contributed by atoms with E-state index in [1.807, 2.05) is 61.5 Å². The molecule has 0 saturated carbocycles. The van der Waals surface area contributed by atoms with Gasteiger partial charge >= 0.3 is 0 Å². The number of para-hydroxylation sites is 1. The minimum absolute atomic E-state index is 0.0342. The monoisotopic (exact) mass is 608 g/mol. The van der Waals surface area contributed by atoms with Crippen LogP contribution in [0.2, 0.25) is 0 Å². The standard InChI is InChI=1S/C33H32N6O4S/c1-22(35-32(40)29-23(2)36-38-18-8-17-34-31(29)38)28-21-26-10-7-9-25(14-13-24-15-19-37(20-16-24)44(3,42)43)30(26)33(41)39(28)27-11-5-4-6-12-27/h4-12,17-18,21-22,24H,15-16,19-20H2,1-3H3,(H,35,40)/t22-/m1/s1. The fraction of sp³-hybridized carbons (Fsp3) is 0.273. The summed E-state index contributed by atoms with van der Waals surface area (Å²) in [5, 5.41) is 8.67. The average Bonchev–Trinajstić information content (AvgIpc) is 3.35. The van der Waals surface area contributed by atoms with Crippen molar-refractivity contribution in [3.8, 4) is 17.5 Å². The highest BCUT2D eigenvalue weighted by Gasteiger charge is 2.25. The minimum Gasteiger partial charge on any atom is -0.344 e. The smallest absolute Gasteiger partial charge is 0.264 e. The van der Waals surface area contributed by atoms with Gasteiger partial charge in [0.2, 0.25) is 10.0 Å². The van der Waals surface area contributed by atoms with Crippen LogP contribution in [0.1, 0.15) is 53.1 Å². The van der Waals surface area contributed by atoms with E-state index in [0.29, 0.717) is 70.6 Å². The number of carbonyl (C=O) groups excluding carboxylic acids is 1. The largest absolute Gasteiger partial charge is 0.344 e. The van der Waals surface area contributed by atoms with E-state index in [1.54, 1.807) is 34.5 Å². The van der Waals surface area contributed by atoms with Crippen LogP contribution in [0.4, 0.5) is 0 Å². The van der Waals surface area contributed by atoms with Crippen molar-refractivity contribution in [1.82, 2.24) is 28.8 Å². The molecular formula is C33H32N6O4S. The van der Waals surface area contributed by atoms with Crippen molar-refractivity contribution in [2.45, 2.75) is 32.7 Å². The van der Waals surface area contributed by atoms with Crippen LogP contribution in [-0.2, 0) is 10.0 Å². The molecule has 2 aromatic carbocycles. The molecule has 1 fully saturated rings. The third kappa shape index (κ3) is 5.62. The number of aryl methyl sites for hydroxylation is 1. The van der Waals surface area contributed by atoms with Crippen LogP contribution in [0.25, 0.3) is 22.1 Å². The third-order valence-electron chi connectivity index (χ3n) is 8.01. The molecule has 3 aromatic heterocycles. The van der Waals surface area contributed by atoms with E-state index in [2.05, 4.69) is 27.2 Å². The zero-order chi connectivity index (χ0) is 31.0. The van der Waals surface area contributed by atoms with Crippen molar-refractivity contribution < 1.29 is 13.2 Å². The molecule has 0 bridgehead atoms. The lowest BCUT2D eigenvalue weighted by molar-refractivity contribution is 0.0939. The summed E-state index contributed by atoms with van der Waals surface area (Å²) in [6, 6.07) is 18.0. The number of aromatic nitrogens is 4. The van der Waals surface area contributed by atoms with Crippen LogP contribution in [0, 0.1) is 24.7 Å². The molecule has 0 spiro atoms. The van der Waals surface area contributed by atoms with Gasteiger partial charge < -0.3 is 5.32 Å². The van der Waals surface area contributed by atoms with Gasteiger partial charge in [0.05, 0.1) is 23.4 Å².